The molecule has 0 radical (unpaired) electrons. The summed E-state index contributed by atoms with van der Waals surface area (Å²) >= 11 is 0. The number of amides is 2. The number of morpholine rings is 1. The number of piperidine rings is 1. The van der Waals surface area contributed by atoms with E-state index in [1.54, 1.807) is 6.26 Å². The zero-order chi connectivity index (χ0) is 17.6. The Balaban J connectivity index is 1.42. The molecule has 0 saturated carbocycles. The van der Waals surface area contributed by atoms with Gasteiger partial charge in [0, 0.05) is 19.0 Å². The molecular formula is C18H27N3O4. The third-order valence-corrected chi connectivity index (χ3v) is 5.15. The molecule has 2 saturated heterocycles. The molecule has 2 amide bonds. The minimum atomic E-state index is -0.134. The van der Waals surface area contributed by atoms with Crippen LogP contribution in [0.3, 0.4) is 0 Å². The number of carbonyl (C=O) groups is 2. The third-order valence-electron chi connectivity index (χ3n) is 5.15. The number of hydrogen-bond acceptors (Lipinski definition) is 5. The molecule has 138 valence electrons. The van der Waals surface area contributed by atoms with Gasteiger partial charge in [0.05, 0.1) is 32.1 Å². The Morgan fingerprint density at radius 1 is 1.24 bits per heavy atom. The van der Waals surface area contributed by atoms with Crippen LogP contribution in [0.2, 0.25) is 0 Å². The molecule has 0 aliphatic carbocycles. The van der Waals surface area contributed by atoms with Crippen molar-refractivity contribution in [2.24, 2.45) is 5.92 Å². The summed E-state index contributed by atoms with van der Waals surface area (Å²) in [5.74, 6) is 1.01. The van der Waals surface area contributed by atoms with Crippen LogP contribution in [-0.2, 0) is 20.9 Å². The standard InChI is InChI=1S/C18H27N3O4/c1-14(18(23)21-8-11-24-12-9-21)20-6-4-15(5-7-20)17(22)19-13-16-3-2-10-25-16/h2-3,10,14-15H,4-9,11-13H2,1H3,(H,19,22)/t14-/m0/s1. The predicted molar refractivity (Wildman–Crippen MR) is 91.7 cm³/mol. The van der Waals surface area contributed by atoms with Crippen molar-refractivity contribution in [1.29, 1.82) is 0 Å². The van der Waals surface area contributed by atoms with Crippen molar-refractivity contribution in [2.45, 2.75) is 32.4 Å². The van der Waals surface area contributed by atoms with Gasteiger partial charge in [0.15, 0.2) is 0 Å². The smallest absolute Gasteiger partial charge is 0.239 e. The second-order valence-corrected chi connectivity index (χ2v) is 6.72. The van der Waals surface area contributed by atoms with Gasteiger partial charge in [0.2, 0.25) is 11.8 Å². The molecule has 0 spiro atoms. The Hall–Kier alpha value is -1.86. The fourth-order valence-electron chi connectivity index (χ4n) is 3.48. The Labute approximate surface area is 148 Å². The van der Waals surface area contributed by atoms with Gasteiger partial charge in [-0.2, -0.15) is 0 Å². The van der Waals surface area contributed by atoms with Crippen molar-refractivity contribution in [3.63, 3.8) is 0 Å². The van der Waals surface area contributed by atoms with Crippen LogP contribution in [0.4, 0.5) is 0 Å². The number of nitrogens with zero attached hydrogens (tertiary/aromatic N) is 2. The maximum absolute atomic E-state index is 12.6. The van der Waals surface area contributed by atoms with Crippen molar-refractivity contribution >= 4 is 11.8 Å². The molecule has 2 fully saturated rings. The van der Waals surface area contributed by atoms with Gasteiger partial charge in [-0.3, -0.25) is 14.5 Å². The third kappa shape index (κ3) is 4.61. The fourth-order valence-corrected chi connectivity index (χ4v) is 3.48. The number of furan rings is 1. The van der Waals surface area contributed by atoms with Crippen LogP contribution >= 0.6 is 0 Å². The van der Waals surface area contributed by atoms with E-state index in [2.05, 4.69) is 10.2 Å². The Bertz CT molecular complexity index is 561. The lowest BCUT2D eigenvalue weighted by Gasteiger charge is -2.37. The molecule has 2 aliphatic rings. The summed E-state index contributed by atoms with van der Waals surface area (Å²) < 4.78 is 10.5. The molecule has 1 atom stereocenters. The molecule has 7 heteroatoms. The van der Waals surface area contributed by atoms with Gasteiger partial charge in [-0.25, -0.2) is 0 Å². The summed E-state index contributed by atoms with van der Waals surface area (Å²) in [4.78, 5) is 29.0. The average molecular weight is 349 g/mol. The molecule has 3 heterocycles. The number of rotatable bonds is 5. The molecule has 1 aromatic heterocycles. The van der Waals surface area contributed by atoms with E-state index < -0.39 is 0 Å². The normalized spacial score (nSPS) is 21.1. The maximum atomic E-state index is 12.6. The van der Waals surface area contributed by atoms with Crippen molar-refractivity contribution in [3.8, 4) is 0 Å². The molecule has 1 N–H and O–H groups in total. The van der Waals surface area contributed by atoms with E-state index in [0.29, 0.717) is 32.8 Å². The zero-order valence-corrected chi connectivity index (χ0v) is 14.8. The highest BCUT2D eigenvalue weighted by molar-refractivity contribution is 5.82. The molecule has 3 rings (SSSR count). The van der Waals surface area contributed by atoms with Gasteiger partial charge in [0.25, 0.3) is 0 Å². The van der Waals surface area contributed by atoms with Gasteiger partial charge >= 0.3 is 0 Å². The van der Waals surface area contributed by atoms with Gasteiger partial charge in [0.1, 0.15) is 5.76 Å². The molecular weight excluding hydrogens is 322 g/mol. The fraction of sp³-hybridized carbons (Fsp3) is 0.667. The highest BCUT2D eigenvalue weighted by Crippen LogP contribution is 2.20. The summed E-state index contributed by atoms with van der Waals surface area (Å²) in [5.41, 5.74) is 0. The van der Waals surface area contributed by atoms with E-state index >= 15 is 0 Å². The lowest BCUT2D eigenvalue weighted by atomic mass is 9.94. The van der Waals surface area contributed by atoms with Gasteiger partial charge in [-0.15, -0.1) is 0 Å². The van der Waals surface area contributed by atoms with Crippen LogP contribution in [0, 0.1) is 5.92 Å². The number of hydrogen-bond donors (Lipinski definition) is 1. The Morgan fingerprint density at radius 3 is 2.60 bits per heavy atom. The first-order chi connectivity index (χ1) is 12.1. The molecule has 1 aromatic rings. The van der Waals surface area contributed by atoms with Crippen LogP contribution in [0.5, 0.6) is 0 Å². The number of nitrogens with one attached hydrogen (secondary N) is 1. The lowest BCUT2D eigenvalue weighted by Crippen LogP contribution is -2.53. The van der Waals surface area contributed by atoms with E-state index in [0.717, 1.165) is 31.7 Å². The Morgan fingerprint density at radius 2 is 1.96 bits per heavy atom. The van der Waals surface area contributed by atoms with Crippen LogP contribution in [-0.4, -0.2) is 67.0 Å². The van der Waals surface area contributed by atoms with Crippen molar-refractivity contribution in [3.05, 3.63) is 24.2 Å². The summed E-state index contributed by atoms with van der Waals surface area (Å²) in [5, 5.41) is 2.93. The molecule has 0 unspecified atom stereocenters. The van der Waals surface area contributed by atoms with E-state index in [1.807, 2.05) is 24.0 Å². The van der Waals surface area contributed by atoms with Crippen LogP contribution < -0.4 is 5.32 Å². The first-order valence-corrected chi connectivity index (χ1v) is 9.06. The quantitative estimate of drug-likeness (QED) is 0.853. The number of ether oxygens (including phenoxy) is 1. The van der Waals surface area contributed by atoms with E-state index in [-0.39, 0.29) is 23.8 Å². The summed E-state index contributed by atoms with van der Waals surface area (Å²) in [6.45, 7) is 6.54. The second kappa shape index (κ2) is 8.49. The van der Waals surface area contributed by atoms with Crippen LogP contribution in [0.15, 0.2) is 22.8 Å². The maximum Gasteiger partial charge on any atom is 0.239 e. The largest absolute Gasteiger partial charge is 0.467 e. The predicted octanol–water partition coefficient (Wildman–Crippen LogP) is 0.855. The van der Waals surface area contributed by atoms with Crippen LogP contribution in [0.25, 0.3) is 0 Å². The van der Waals surface area contributed by atoms with E-state index in [4.69, 9.17) is 9.15 Å². The van der Waals surface area contributed by atoms with Gasteiger partial charge in [-0.05, 0) is 45.0 Å². The summed E-state index contributed by atoms with van der Waals surface area (Å²) in [6.07, 6.45) is 3.17. The molecule has 2 aliphatic heterocycles. The number of likely N-dealkylation sites (tertiary alicyclic amines) is 1. The SMILES string of the molecule is C[C@@H](C(=O)N1CCOCC1)N1CCC(C(=O)NCc2ccco2)CC1. The van der Waals surface area contributed by atoms with E-state index in [9.17, 15) is 9.59 Å². The van der Waals surface area contributed by atoms with Gasteiger partial charge < -0.3 is 19.4 Å². The van der Waals surface area contributed by atoms with E-state index in [1.165, 1.54) is 0 Å². The summed E-state index contributed by atoms with van der Waals surface area (Å²) in [6, 6.07) is 3.53. The molecule has 7 nitrogen and oxygen atoms in total. The first kappa shape index (κ1) is 17.9. The summed E-state index contributed by atoms with van der Waals surface area (Å²) in [7, 11) is 0. The highest BCUT2D eigenvalue weighted by atomic mass is 16.5. The lowest BCUT2D eigenvalue weighted by molar-refractivity contribution is -0.141. The van der Waals surface area contributed by atoms with Crippen LogP contribution in [0.1, 0.15) is 25.5 Å². The van der Waals surface area contributed by atoms with Crippen molar-refractivity contribution in [1.82, 2.24) is 15.1 Å². The topological polar surface area (TPSA) is 75.0 Å². The first-order valence-electron chi connectivity index (χ1n) is 9.06. The molecule has 0 aromatic carbocycles. The van der Waals surface area contributed by atoms with Crippen molar-refractivity contribution < 1.29 is 18.7 Å². The minimum Gasteiger partial charge on any atom is -0.467 e. The number of carbonyl (C=O) groups excluding carboxylic acids is 2. The van der Waals surface area contributed by atoms with Crippen molar-refractivity contribution in [2.75, 3.05) is 39.4 Å². The molecule has 0 bridgehead atoms. The van der Waals surface area contributed by atoms with Gasteiger partial charge in [-0.1, -0.05) is 0 Å². The Kier molecular flexibility index (Phi) is 6.09. The minimum absolute atomic E-state index is 0.0110. The highest BCUT2D eigenvalue weighted by Gasteiger charge is 2.32. The molecule has 25 heavy (non-hydrogen) atoms. The monoisotopic (exact) mass is 349 g/mol. The zero-order valence-electron chi connectivity index (χ0n) is 14.8. The second-order valence-electron chi connectivity index (χ2n) is 6.72. The average Bonchev–Trinajstić information content (AvgIpc) is 3.19.